The van der Waals surface area contributed by atoms with Gasteiger partial charge >= 0.3 is 7.12 Å². The minimum atomic E-state index is -3.81. The summed E-state index contributed by atoms with van der Waals surface area (Å²) in [7, 11) is -1.44. The molecule has 1 N–H and O–H groups in total. The highest BCUT2D eigenvalue weighted by molar-refractivity contribution is 6.62. The van der Waals surface area contributed by atoms with Gasteiger partial charge in [0.05, 0.1) is 20.8 Å². The Morgan fingerprint density at radius 1 is 1.26 bits per heavy atom. The normalized spacial score (nSPS) is 51.8. The molecule has 2 fully saturated rings. The lowest BCUT2D eigenvalue weighted by Gasteiger charge is -2.39. The zero-order valence-corrected chi connectivity index (χ0v) is 13.3. The highest BCUT2D eigenvalue weighted by Gasteiger charge is 2.51. The average molecular weight is 332 g/mol. The summed E-state index contributed by atoms with van der Waals surface area (Å²) in [6.07, 6.45) is 0. The smallest absolute Gasteiger partial charge is 0.399 e. The molecule has 1 aromatic carbocycles. The van der Waals surface area contributed by atoms with Crippen LogP contribution in [-0.2, 0) is 9.31 Å². The van der Waals surface area contributed by atoms with Crippen LogP contribution in [0.5, 0.6) is 0 Å². The first-order valence-corrected chi connectivity index (χ1v) is 7.09. The molecule has 0 radical (unpaired) electrons. The van der Waals surface area contributed by atoms with Crippen LogP contribution in [0.3, 0.4) is 0 Å². The molecule has 0 bridgehead atoms. The average Bonchev–Trinajstić information content (AvgIpc) is 2.92. The Kier molecular flexibility index (Phi) is 1.52. The zero-order chi connectivity index (χ0) is 30.7. The molecule has 23 heavy (non-hydrogen) atoms. The molecule has 2 unspecified atom stereocenters. The van der Waals surface area contributed by atoms with E-state index in [0.717, 1.165) is 0 Å². The first kappa shape index (κ1) is 6.04. The van der Waals surface area contributed by atoms with Gasteiger partial charge in [-0.25, -0.2) is 0 Å². The van der Waals surface area contributed by atoms with Crippen LogP contribution in [-0.4, -0.2) is 43.3 Å². The van der Waals surface area contributed by atoms with Crippen molar-refractivity contribution in [1.82, 2.24) is 5.32 Å². The highest BCUT2D eigenvalue weighted by Crippen LogP contribution is 2.36. The van der Waals surface area contributed by atoms with E-state index in [0.29, 0.717) is 0 Å². The van der Waals surface area contributed by atoms with E-state index in [4.69, 9.17) is 31.2 Å². The van der Waals surface area contributed by atoms with E-state index in [1.54, 1.807) is 33.0 Å². The molecule has 1 aromatic rings. The molecule has 2 heterocycles. The molecule has 2 aliphatic heterocycles. The summed E-state index contributed by atoms with van der Waals surface area (Å²) in [5, 5.41) is 1.56. The van der Waals surface area contributed by atoms with Crippen LogP contribution >= 0.6 is 0 Å². The quantitative estimate of drug-likeness (QED) is 0.842. The van der Waals surface area contributed by atoms with E-state index < -0.39 is 92.4 Å². The van der Waals surface area contributed by atoms with Crippen molar-refractivity contribution in [3.63, 3.8) is 0 Å². The lowest BCUT2D eigenvalue weighted by molar-refractivity contribution is 0.00578. The number of rotatable bonds is 2. The number of nitrogens with one attached hydrogen (secondary N) is 1. The van der Waals surface area contributed by atoms with Gasteiger partial charge in [-0.05, 0) is 58.9 Å². The Bertz CT molecular complexity index is 1140. The molecule has 5 heteroatoms. The summed E-state index contributed by atoms with van der Waals surface area (Å²) in [5.74, 6) is 0. The Balaban J connectivity index is 2.44. The van der Waals surface area contributed by atoms with Gasteiger partial charge in [-0.15, -0.1) is 0 Å². The van der Waals surface area contributed by atoms with Crippen LogP contribution in [0.15, 0.2) is 24.2 Å². The van der Waals surface area contributed by atoms with Crippen molar-refractivity contribution in [3.05, 3.63) is 24.2 Å². The Labute approximate surface area is 163 Å². The van der Waals surface area contributed by atoms with Crippen molar-refractivity contribution in [3.8, 4) is 0 Å². The minimum Gasteiger partial charge on any atom is -0.399 e. The molecule has 0 aliphatic carbocycles. The van der Waals surface area contributed by atoms with Crippen LogP contribution in [0, 0.1) is 0 Å². The van der Waals surface area contributed by atoms with Crippen molar-refractivity contribution in [1.29, 1.82) is 0 Å². The Morgan fingerprint density at radius 3 is 2.48 bits per heavy atom. The second kappa shape index (κ2) is 5.80. The van der Waals surface area contributed by atoms with Gasteiger partial charge < -0.3 is 19.5 Å². The molecular formula is C18H29BN2O2. The number of nitrogens with zero attached hydrogens (tertiary/aromatic N) is 1. The third-order valence-electron chi connectivity index (χ3n) is 4.10. The second-order valence-corrected chi connectivity index (χ2v) is 6.27. The molecule has 2 saturated heterocycles. The summed E-state index contributed by atoms with van der Waals surface area (Å²) >= 11 is 0. The van der Waals surface area contributed by atoms with Gasteiger partial charge in [0.2, 0.25) is 0 Å². The number of piperazine rings is 1. The van der Waals surface area contributed by atoms with Crippen molar-refractivity contribution in [2.75, 3.05) is 17.9 Å². The third-order valence-corrected chi connectivity index (χ3v) is 4.10. The Morgan fingerprint density at radius 2 is 1.91 bits per heavy atom. The van der Waals surface area contributed by atoms with E-state index >= 15 is 0 Å². The fraction of sp³-hybridized carbons (Fsp3) is 0.667. The van der Waals surface area contributed by atoms with Crippen molar-refractivity contribution >= 4 is 18.3 Å². The van der Waals surface area contributed by atoms with Gasteiger partial charge in [0.1, 0.15) is 0 Å². The van der Waals surface area contributed by atoms with E-state index in [1.165, 1.54) is 0 Å². The molecule has 3 rings (SSSR count). The van der Waals surface area contributed by atoms with E-state index in [1.807, 2.05) is 0 Å². The Hall–Kier alpha value is -1.04. The van der Waals surface area contributed by atoms with Crippen LogP contribution in [0.25, 0.3) is 0 Å². The summed E-state index contributed by atoms with van der Waals surface area (Å²) in [5.41, 5.74) is -3.57. The van der Waals surface area contributed by atoms with Crippen molar-refractivity contribution in [2.45, 2.75) is 64.6 Å². The van der Waals surface area contributed by atoms with Gasteiger partial charge in [0.25, 0.3) is 0 Å². The van der Waals surface area contributed by atoms with Crippen LogP contribution in [0.2, 0.25) is 0 Å². The molecule has 2 aliphatic rings. The fourth-order valence-corrected chi connectivity index (χ4v) is 2.05. The topological polar surface area (TPSA) is 33.7 Å². The van der Waals surface area contributed by atoms with Gasteiger partial charge in [-0.1, -0.05) is 12.1 Å². The molecular weight excluding hydrogens is 287 g/mol. The maximum absolute atomic E-state index is 8.75. The summed E-state index contributed by atoms with van der Waals surface area (Å²) < 4.78 is 144. The molecule has 0 amide bonds. The number of hydrogen-bond donors (Lipinski definition) is 1. The number of anilines is 1. The zero-order valence-electron chi connectivity index (χ0n) is 29.3. The maximum Gasteiger partial charge on any atom is 0.494 e. The van der Waals surface area contributed by atoms with Gasteiger partial charge in [0, 0.05) is 43.1 Å². The molecule has 0 spiro atoms. The fourth-order valence-electron chi connectivity index (χ4n) is 2.05. The van der Waals surface area contributed by atoms with Crippen molar-refractivity contribution in [2.24, 2.45) is 0 Å². The van der Waals surface area contributed by atoms with E-state index in [9.17, 15) is 0 Å². The summed E-state index contributed by atoms with van der Waals surface area (Å²) in [4.78, 5) is -0.266. The predicted molar refractivity (Wildman–Crippen MR) is 96.4 cm³/mol. The monoisotopic (exact) mass is 332 g/mol. The molecule has 2 atom stereocenters. The van der Waals surface area contributed by atoms with E-state index in [-0.39, 0.29) is 4.90 Å². The van der Waals surface area contributed by atoms with Crippen LogP contribution in [0.4, 0.5) is 5.69 Å². The lowest BCUT2D eigenvalue weighted by atomic mass is 9.79. The summed E-state index contributed by atoms with van der Waals surface area (Å²) in [6.45, 7) is -8.24. The molecule has 4 nitrogen and oxygen atoms in total. The largest absolute Gasteiger partial charge is 0.494 e. The third kappa shape index (κ3) is 3.15. The van der Waals surface area contributed by atoms with Gasteiger partial charge in [0.15, 0.2) is 0 Å². The van der Waals surface area contributed by atoms with Crippen molar-refractivity contribution < 1.29 is 31.2 Å². The number of benzene rings is 1. The minimum absolute atomic E-state index is 0.266. The first-order valence-electron chi connectivity index (χ1n) is 15.1. The highest BCUT2D eigenvalue weighted by atomic mass is 16.7. The lowest BCUT2D eigenvalue weighted by Crippen LogP contribution is -2.54. The summed E-state index contributed by atoms with van der Waals surface area (Å²) in [6, 6.07) is -11.4. The SMILES string of the molecule is [2H]c1c([2H])c(N2C([2H])([2H])C([2H])(C([2H])([2H])[2H])NC([2H])([2H])C2([2H])C([2H])([2H])[2H])c([2H])c([2H])c1B1OC(C)(C)C(C)(C)O1. The molecule has 0 saturated carbocycles. The first-order chi connectivity index (χ1) is 17.0. The predicted octanol–water partition coefficient (Wildman–Crippen LogP) is 2.17. The standard InChI is InChI=1S/C18H29BN2O2/c1-13-12-21(14(2)11-20-13)16-9-7-15(8-10-16)19-22-17(3,4)18(5,6)23-19/h7-10,13-14,20H,11-12H2,1-6H3/i1D3,2D3,7D,8D,9D,10D,11D2,12D2,13D,14D. The van der Waals surface area contributed by atoms with Crippen LogP contribution < -0.4 is 15.7 Å². The molecule has 0 aromatic heterocycles. The van der Waals surface area contributed by atoms with E-state index in [2.05, 4.69) is 0 Å². The van der Waals surface area contributed by atoms with Crippen LogP contribution in [0.1, 0.15) is 63.3 Å². The number of hydrogen-bond acceptors (Lipinski definition) is 4. The molecule has 126 valence electrons. The van der Waals surface area contributed by atoms with Gasteiger partial charge in [-0.2, -0.15) is 0 Å². The second-order valence-electron chi connectivity index (χ2n) is 6.27. The van der Waals surface area contributed by atoms with Gasteiger partial charge in [-0.3, -0.25) is 0 Å². The maximum atomic E-state index is 8.75.